The van der Waals surface area contributed by atoms with Gasteiger partial charge in [0, 0.05) is 11.6 Å². The molecule has 0 unspecified atom stereocenters. The molecule has 0 saturated heterocycles. The zero-order valence-electron chi connectivity index (χ0n) is 17.1. The molecular weight excluding hydrogens is 368 g/mol. The second kappa shape index (κ2) is 8.43. The number of aromatic nitrogens is 3. The van der Waals surface area contributed by atoms with Gasteiger partial charge in [0.2, 0.25) is 0 Å². The van der Waals surface area contributed by atoms with Crippen LogP contribution in [0.3, 0.4) is 0 Å². The smallest absolute Gasteiger partial charge is 0.326 e. The molecule has 0 fully saturated rings. The summed E-state index contributed by atoms with van der Waals surface area (Å²) in [4.78, 5) is 29.4. The molecule has 1 atom stereocenters. The third kappa shape index (κ3) is 4.45. The molecule has 152 valence electrons. The van der Waals surface area contributed by atoms with Gasteiger partial charge in [0.25, 0.3) is 5.91 Å². The Kier molecular flexibility index (Phi) is 5.96. The maximum atomic E-state index is 13.1. The lowest BCUT2D eigenvalue weighted by Crippen LogP contribution is -2.41. The molecule has 2 heterocycles. The number of rotatable bonds is 7. The van der Waals surface area contributed by atoms with Crippen molar-refractivity contribution in [3.63, 3.8) is 0 Å². The van der Waals surface area contributed by atoms with Gasteiger partial charge in [0.15, 0.2) is 5.65 Å². The molecule has 0 spiro atoms. The van der Waals surface area contributed by atoms with E-state index in [0.29, 0.717) is 28.7 Å². The Labute approximate surface area is 169 Å². The molecule has 0 bridgehead atoms. The van der Waals surface area contributed by atoms with Crippen molar-refractivity contribution < 1.29 is 14.7 Å². The number of amides is 1. The van der Waals surface area contributed by atoms with Gasteiger partial charge in [-0.05, 0) is 32.3 Å². The van der Waals surface area contributed by atoms with Gasteiger partial charge in [-0.1, -0.05) is 44.2 Å². The van der Waals surface area contributed by atoms with Gasteiger partial charge in [-0.3, -0.25) is 4.79 Å². The maximum absolute atomic E-state index is 13.1. The van der Waals surface area contributed by atoms with Crippen molar-refractivity contribution in [3.05, 3.63) is 48.2 Å². The zero-order valence-corrected chi connectivity index (χ0v) is 17.1. The minimum atomic E-state index is -1.04. The van der Waals surface area contributed by atoms with Crippen LogP contribution < -0.4 is 5.32 Å². The van der Waals surface area contributed by atoms with Crippen LogP contribution in [0.4, 0.5) is 0 Å². The molecule has 0 aliphatic heterocycles. The van der Waals surface area contributed by atoms with E-state index in [9.17, 15) is 14.7 Å². The molecule has 0 radical (unpaired) electrons. The number of carboxylic acid groups (broad SMARTS) is 1. The van der Waals surface area contributed by atoms with Gasteiger partial charge in [-0.2, -0.15) is 5.10 Å². The van der Waals surface area contributed by atoms with E-state index in [1.165, 1.54) is 0 Å². The Morgan fingerprint density at radius 2 is 1.83 bits per heavy atom. The molecule has 2 N–H and O–H groups in total. The number of carbonyl (C=O) groups is 2. The van der Waals surface area contributed by atoms with Crippen molar-refractivity contribution in [2.75, 3.05) is 0 Å². The first-order valence-corrected chi connectivity index (χ1v) is 9.75. The first-order valence-electron chi connectivity index (χ1n) is 9.75. The van der Waals surface area contributed by atoms with Crippen molar-refractivity contribution in [2.45, 2.75) is 46.2 Å². The van der Waals surface area contributed by atoms with Crippen LogP contribution in [-0.2, 0) is 4.79 Å². The highest BCUT2D eigenvalue weighted by Gasteiger charge is 2.24. The van der Waals surface area contributed by atoms with Gasteiger partial charge in [-0.25, -0.2) is 14.5 Å². The quantitative estimate of drug-likeness (QED) is 0.633. The molecule has 3 aromatic rings. The highest BCUT2D eigenvalue weighted by atomic mass is 16.4. The van der Waals surface area contributed by atoms with Gasteiger partial charge >= 0.3 is 5.97 Å². The van der Waals surface area contributed by atoms with Crippen molar-refractivity contribution >= 4 is 22.9 Å². The number of fused-ring (bicyclic) bond motifs is 1. The van der Waals surface area contributed by atoms with E-state index < -0.39 is 17.9 Å². The third-order valence-corrected chi connectivity index (χ3v) is 4.68. The normalized spacial score (nSPS) is 12.5. The first-order chi connectivity index (χ1) is 13.8. The molecule has 1 aromatic carbocycles. The summed E-state index contributed by atoms with van der Waals surface area (Å²) in [6.45, 7) is 7.83. The van der Waals surface area contributed by atoms with Crippen LogP contribution in [-0.4, -0.2) is 37.8 Å². The molecule has 0 aliphatic carbocycles. The average Bonchev–Trinajstić information content (AvgIpc) is 3.11. The van der Waals surface area contributed by atoms with Crippen molar-refractivity contribution in [1.82, 2.24) is 20.1 Å². The zero-order chi connectivity index (χ0) is 21.1. The van der Waals surface area contributed by atoms with Crippen molar-refractivity contribution in [2.24, 2.45) is 5.92 Å². The van der Waals surface area contributed by atoms with Gasteiger partial charge in [0.1, 0.15) is 6.04 Å². The molecule has 1 amide bonds. The van der Waals surface area contributed by atoms with E-state index in [0.717, 1.165) is 5.56 Å². The molecular formula is C22H26N4O3. The standard InChI is InChI=1S/C22H26N4O3/c1-13(2)10-19(22(28)29)25-21(27)16-11-18(15-8-6-5-7-9-15)24-20-17(16)12-23-26(20)14(3)4/h5-9,11-14,19H,10H2,1-4H3,(H,25,27)(H,28,29)/t19-/m0/s1. The van der Waals surface area contributed by atoms with Crippen LogP contribution in [0.5, 0.6) is 0 Å². The maximum Gasteiger partial charge on any atom is 0.326 e. The number of nitrogens with zero attached hydrogens (tertiary/aromatic N) is 3. The predicted molar refractivity (Wildman–Crippen MR) is 112 cm³/mol. The van der Waals surface area contributed by atoms with Crippen molar-refractivity contribution in [3.8, 4) is 11.3 Å². The number of benzene rings is 1. The summed E-state index contributed by atoms with van der Waals surface area (Å²) in [6.07, 6.45) is 1.97. The SMILES string of the molecule is CC(C)C[C@H](NC(=O)c1cc(-c2ccccc2)nc2c1cnn2C(C)C)C(=O)O. The number of hydrogen-bond acceptors (Lipinski definition) is 4. The molecule has 7 heteroatoms. The Morgan fingerprint density at radius 1 is 1.14 bits per heavy atom. The van der Waals surface area contributed by atoms with Gasteiger partial charge in [0.05, 0.1) is 22.8 Å². The average molecular weight is 394 g/mol. The van der Waals surface area contributed by atoms with Crippen LogP contribution in [0.1, 0.15) is 50.5 Å². The lowest BCUT2D eigenvalue weighted by molar-refractivity contribution is -0.139. The highest BCUT2D eigenvalue weighted by molar-refractivity contribution is 6.07. The number of carbonyl (C=O) groups excluding carboxylic acids is 1. The molecule has 7 nitrogen and oxygen atoms in total. The summed E-state index contributed by atoms with van der Waals surface area (Å²) in [6, 6.07) is 10.4. The number of nitrogens with one attached hydrogen (secondary N) is 1. The summed E-state index contributed by atoms with van der Waals surface area (Å²) < 4.78 is 1.77. The fourth-order valence-electron chi connectivity index (χ4n) is 3.27. The van der Waals surface area contributed by atoms with Crippen LogP contribution >= 0.6 is 0 Å². The molecule has 29 heavy (non-hydrogen) atoms. The molecule has 0 saturated carbocycles. The number of pyridine rings is 1. The minimum Gasteiger partial charge on any atom is -0.480 e. The number of carboxylic acids is 1. The summed E-state index contributed by atoms with van der Waals surface area (Å²) in [5.41, 5.74) is 2.48. The number of hydrogen-bond donors (Lipinski definition) is 2. The van der Waals surface area contributed by atoms with Gasteiger partial charge < -0.3 is 10.4 Å². The van der Waals surface area contributed by atoms with Crippen LogP contribution in [0.25, 0.3) is 22.3 Å². The van der Waals surface area contributed by atoms with Crippen LogP contribution in [0.2, 0.25) is 0 Å². The molecule has 3 rings (SSSR count). The lowest BCUT2D eigenvalue weighted by atomic mass is 10.0. The molecule has 2 aromatic heterocycles. The first kappa shape index (κ1) is 20.5. The predicted octanol–water partition coefficient (Wildman–Crippen LogP) is 3.91. The largest absolute Gasteiger partial charge is 0.480 e. The Hall–Kier alpha value is -3.22. The summed E-state index contributed by atoms with van der Waals surface area (Å²) >= 11 is 0. The van der Waals surface area contributed by atoms with E-state index in [4.69, 9.17) is 4.98 Å². The van der Waals surface area contributed by atoms with E-state index in [1.807, 2.05) is 58.0 Å². The van der Waals surface area contributed by atoms with E-state index in [1.54, 1.807) is 16.9 Å². The van der Waals surface area contributed by atoms with Crippen LogP contribution in [0, 0.1) is 5.92 Å². The summed E-state index contributed by atoms with van der Waals surface area (Å²) in [5, 5.41) is 17.2. The summed E-state index contributed by atoms with van der Waals surface area (Å²) in [7, 11) is 0. The Morgan fingerprint density at radius 3 is 2.41 bits per heavy atom. The third-order valence-electron chi connectivity index (χ3n) is 4.68. The van der Waals surface area contributed by atoms with E-state index >= 15 is 0 Å². The second-order valence-electron chi connectivity index (χ2n) is 7.84. The fraction of sp³-hybridized carbons (Fsp3) is 0.364. The topological polar surface area (TPSA) is 97.1 Å². The van der Waals surface area contributed by atoms with Gasteiger partial charge in [-0.15, -0.1) is 0 Å². The van der Waals surface area contributed by atoms with Crippen LogP contribution in [0.15, 0.2) is 42.6 Å². The number of aliphatic carboxylic acids is 1. The Bertz CT molecular complexity index is 1030. The minimum absolute atomic E-state index is 0.0645. The second-order valence-corrected chi connectivity index (χ2v) is 7.84. The molecule has 0 aliphatic rings. The monoisotopic (exact) mass is 394 g/mol. The lowest BCUT2D eigenvalue weighted by Gasteiger charge is -2.17. The fourth-order valence-corrected chi connectivity index (χ4v) is 3.27. The van der Waals surface area contributed by atoms with E-state index in [-0.39, 0.29) is 12.0 Å². The highest BCUT2D eigenvalue weighted by Crippen LogP contribution is 2.26. The Balaban J connectivity index is 2.10. The van der Waals surface area contributed by atoms with E-state index in [2.05, 4.69) is 10.4 Å². The van der Waals surface area contributed by atoms with Crippen molar-refractivity contribution in [1.29, 1.82) is 0 Å². The summed E-state index contributed by atoms with van der Waals surface area (Å²) in [5.74, 6) is -1.35.